The first kappa shape index (κ1) is 21.2. The molecule has 4 heterocycles. The number of likely N-dealkylation sites (tertiary alicyclic amines) is 1. The number of carbonyl (C=O) groups is 1. The van der Waals surface area contributed by atoms with Gasteiger partial charge in [0.1, 0.15) is 11.9 Å². The SMILES string of the molecule is CCC(CC)c1cc(Nc2nc(N3CCC[C@@H]3C(=O)N3CCCC3)nc3c2CCC3)n[nH]1. The maximum absolute atomic E-state index is 13.2. The third kappa shape index (κ3) is 3.95. The molecule has 0 radical (unpaired) electrons. The lowest BCUT2D eigenvalue weighted by molar-refractivity contribution is -0.131. The minimum atomic E-state index is -0.132. The van der Waals surface area contributed by atoms with Gasteiger partial charge in [-0.15, -0.1) is 0 Å². The Morgan fingerprint density at radius 1 is 1.12 bits per heavy atom. The zero-order chi connectivity index (χ0) is 22.1. The summed E-state index contributed by atoms with van der Waals surface area (Å²) in [4.78, 5) is 27.2. The number of aromatic amines is 1. The Kier molecular flexibility index (Phi) is 6.02. The number of amides is 1. The van der Waals surface area contributed by atoms with E-state index < -0.39 is 0 Å². The van der Waals surface area contributed by atoms with Gasteiger partial charge in [-0.05, 0) is 57.8 Å². The minimum absolute atomic E-state index is 0.132. The zero-order valence-corrected chi connectivity index (χ0v) is 19.4. The van der Waals surface area contributed by atoms with Crippen LogP contribution in [0.25, 0.3) is 0 Å². The van der Waals surface area contributed by atoms with Crippen LogP contribution in [-0.4, -0.2) is 56.6 Å². The molecule has 8 nitrogen and oxygen atoms in total. The van der Waals surface area contributed by atoms with Gasteiger partial charge < -0.3 is 15.1 Å². The van der Waals surface area contributed by atoms with Gasteiger partial charge in [-0.25, -0.2) is 4.98 Å². The van der Waals surface area contributed by atoms with E-state index in [1.54, 1.807) is 0 Å². The van der Waals surface area contributed by atoms with Gasteiger partial charge in [0.25, 0.3) is 0 Å². The summed E-state index contributed by atoms with van der Waals surface area (Å²) in [5.41, 5.74) is 3.48. The van der Waals surface area contributed by atoms with E-state index in [1.165, 1.54) is 11.3 Å². The molecule has 5 rings (SSSR count). The highest BCUT2D eigenvalue weighted by Gasteiger charge is 2.37. The van der Waals surface area contributed by atoms with Crippen molar-refractivity contribution in [3.63, 3.8) is 0 Å². The van der Waals surface area contributed by atoms with E-state index in [-0.39, 0.29) is 11.9 Å². The van der Waals surface area contributed by atoms with Crippen LogP contribution in [0.2, 0.25) is 0 Å². The van der Waals surface area contributed by atoms with Gasteiger partial charge in [-0.1, -0.05) is 13.8 Å². The molecule has 1 aliphatic carbocycles. The number of nitrogens with one attached hydrogen (secondary N) is 2. The normalized spacial score (nSPS) is 20.4. The molecule has 0 bridgehead atoms. The highest BCUT2D eigenvalue weighted by Crippen LogP contribution is 2.33. The van der Waals surface area contributed by atoms with Crippen LogP contribution in [0, 0.1) is 0 Å². The Labute approximate surface area is 190 Å². The van der Waals surface area contributed by atoms with Crippen molar-refractivity contribution < 1.29 is 4.79 Å². The number of nitrogens with zero attached hydrogens (tertiary/aromatic N) is 5. The fourth-order valence-electron chi connectivity index (χ4n) is 5.52. The Bertz CT molecular complexity index is 961. The molecule has 0 aromatic carbocycles. The molecule has 2 aromatic heterocycles. The number of H-pyrrole nitrogens is 1. The summed E-state index contributed by atoms with van der Waals surface area (Å²) in [5, 5.41) is 11.2. The first-order valence-electron chi connectivity index (χ1n) is 12.5. The van der Waals surface area contributed by atoms with Crippen LogP contribution in [0.15, 0.2) is 6.07 Å². The summed E-state index contributed by atoms with van der Waals surface area (Å²) in [6.07, 6.45) is 9.35. The van der Waals surface area contributed by atoms with E-state index in [1.807, 2.05) is 4.90 Å². The largest absolute Gasteiger partial charge is 0.341 e. The van der Waals surface area contributed by atoms with Crippen LogP contribution in [0.5, 0.6) is 0 Å². The van der Waals surface area contributed by atoms with Gasteiger partial charge in [0.2, 0.25) is 11.9 Å². The highest BCUT2D eigenvalue weighted by molar-refractivity contribution is 5.85. The second-order valence-corrected chi connectivity index (χ2v) is 9.38. The number of hydrogen-bond donors (Lipinski definition) is 2. The Hall–Kier alpha value is -2.64. The summed E-state index contributed by atoms with van der Waals surface area (Å²) >= 11 is 0. The smallest absolute Gasteiger partial charge is 0.245 e. The summed E-state index contributed by atoms with van der Waals surface area (Å²) in [6.45, 7) is 7.03. The maximum Gasteiger partial charge on any atom is 0.245 e. The van der Waals surface area contributed by atoms with Crippen molar-refractivity contribution in [3.05, 3.63) is 23.0 Å². The van der Waals surface area contributed by atoms with Gasteiger partial charge in [-0.3, -0.25) is 9.89 Å². The third-order valence-electron chi connectivity index (χ3n) is 7.40. The van der Waals surface area contributed by atoms with E-state index in [2.05, 4.69) is 40.3 Å². The molecule has 2 saturated heterocycles. The standard InChI is InChI=1S/C24H35N7O/c1-3-16(4-2)19-15-21(29-28-19)26-22-17-9-7-10-18(17)25-24(27-22)31-14-8-11-20(31)23(32)30-12-5-6-13-30/h15-16,20H,3-14H2,1-2H3,(H2,25,26,27,28,29)/t20-/m1/s1. The molecular formula is C24H35N7O. The van der Waals surface area contributed by atoms with Crippen molar-refractivity contribution in [2.45, 2.75) is 83.6 Å². The monoisotopic (exact) mass is 437 g/mol. The van der Waals surface area contributed by atoms with Crippen molar-refractivity contribution in [2.75, 3.05) is 29.9 Å². The number of carbonyl (C=O) groups excluding carboxylic acids is 1. The van der Waals surface area contributed by atoms with Crippen molar-refractivity contribution in [1.82, 2.24) is 25.1 Å². The van der Waals surface area contributed by atoms with E-state index in [0.717, 1.165) is 94.8 Å². The van der Waals surface area contributed by atoms with Crippen LogP contribution in [0.1, 0.15) is 81.7 Å². The van der Waals surface area contributed by atoms with Crippen LogP contribution in [-0.2, 0) is 17.6 Å². The second-order valence-electron chi connectivity index (χ2n) is 9.38. The molecule has 0 spiro atoms. The average molecular weight is 438 g/mol. The number of fused-ring (bicyclic) bond motifs is 1. The molecule has 32 heavy (non-hydrogen) atoms. The van der Waals surface area contributed by atoms with Gasteiger partial charge in [-0.2, -0.15) is 10.1 Å². The first-order chi connectivity index (χ1) is 15.7. The molecule has 0 saturated carbocycles. The fourth-order valence-corrected chi connectivity index (χ4v) is 5.52. The lowest BCUT2D eigenvalue weighted by Gasteiger charge is -2.28. The quantitative estimate of drug-likeness (QED) is 0.682. The zero-order valence-electron chi connectivity index (χ0n) is 19.4. The minimum Gasteiger partial charge on any atom is -0.341 e. The lowest BCUT2D eigenvalue weighted by Crippen LogP contribution is -2.45. The Balaban J connectivity index is 1.41. The predicted octanol–water partition coefficient (Wildman–Crippen LogP) is 3.93. The van der Waals surface area contributed by atoms with Crippen LogP contribution < -0.4 is 10.2 Å². The van der Waals surface area contributed by atoms with E-state index in [0.29, 0.717) is 11.9 Å². The summed E-state index contributed by atoms with van der Waals surface area (Å²) in [5.74, 6) is 3.09. The van der Waals surface area contributed by atoms with Gasteiger partial charge in [0, 0.05) is 42.9 Å². The first-order valence-corrected chi connectivity index (χ1v) is 12.5. The number of aryl methyl sites for hydroxylation is 1. The summed E-state index contributed by atoms with van der Waals surface area (Å²) < 4.78 is 0. The molecule has 0 unspecified atom stereocenters. The second kappa shape index (κ2) is 9.08. The number of rotatable bonds is 7. The van der Waals surface area contributed by atoms with Crippen molar-refractivity contribution in [3.8, 4) is 0 Å². The predicted molar refractivity (Wildman–Crippen MR) is 125 cm³/mol. The van der Waals surface area contributed by atoms with Gasteiger partial charge >= 0.3 is 0 Å². The van der Waals surface area contributed by atoms with Crippen molar-refractivity contribution in [1.29, 1.82) is 0 Å². The van der Waals surface area contributed by atoms with Crippen LogP contribution in [0.3, 0.4) is 0 Å². The van der Waals surface area contributed by atoms with Crippen LogP contribution >= 0.6 is 0 Å². The average Bonchev–Trinajstić information content (AvgIpc) is 3.61. The molecule has 2 N–H and O–H groups in total. The number of aromatic nitrogens is 4. The van der Waals surface area contributed by atoms with E-state index in [4.69, 9.17) is 9.97 Å². The lowest BCUT2D eigenvalue weighted by atomic mass is 10.00. The molecule has 8 heteroatoms. The summed E-state index contributed by atoms with van der Waals surface area (Å²) in [7, 11) is 0. The molecular weight excluding hydrogens is 402 g/mol. The highest BCUT2D eigenvalue weighted by atomic mass is 16.2. The molecule has 3 aliphatic rings. The Morgan fingerprint density at radius 2 is 1.94 bits per heavy atom. The fraction of sp³-hybridized carbons (Fsp3) is 0.667. The molecule has 1 atom stereocenters. The number of hydrogen-bond acceptors (Lipinski definition) is 6. The third-order valence-corrected chi connectivity index (χ3v) is 7.40. The van der Waals surface area contributed by atoms with Crippen molar-refractivity contribution in [2.24, 2.45) is 0 Å². The Morgan fingerprint density at radius 3 is 2.72 bits per heavy atom. The van der Waals surface area contributed by atoms with Gasteiger partial charge in [0.15, 0.2) is 5.82 Å². The molecule has 2 fully saturated rings. The van der Waals surface area contributed by atoms with Gasteiger partial charge in [0.05, 0.1) is 5.69 Å². The topological polar surface area (TPSA) is 90.0 Å². The maximum atomic E-state index is 13.2. The van der Waals surface area contributed by atoms with Crippen LogP contribution in [0.4, 0.5) is 17.6 Å². The summed E-state index contributed by atoms with van der Waals surface area (Å²) in [6, 6.07) is 1.98. The van der Waals surface area contributed by atoms with Crippen molar-refractivity contribution >= 4 is 23.5 Å². The molecule has 2 aromatic rings. The molecule has 1 amide bonds. The van der Waals surface area contributed by atoms with E-state index >= 15 is 0 Å². The van der Waals surface area contributed by atoms with E-state index in [9.17, 15) is 4.79 Å². The molecule has 2 aliphatic heterocycles. The molecule has 172 valence electrons. The number of anilines is 3.